The highest BCUT2D eigenvalue weighted by Gasteiger charge is 2.17. The van der Waals surface area contributed by atoms with Gasteiger partial charge in [-0.15, -0.1) is 11.3 Å². The summed E-state index contributed by atoms with van der Waals surface area (Å²) in [4.78, 5) is 31.3. The molecule has 1 amide bonds. The van der Waals surface area contributed by atoms with Gasteiger partial charge in [-0.25, -0.2) is 4.98 Å². The lowest BCUT2D eigenvalue weighted by molar-refractivity contribution is -0.116. The van der Waals surface area contributed by atoms with Gasteiger partial charge in [0.1, 0.15) is 22.9 Å². The van der Waals surface area contributed by atoms with Crippen molar-refractivity contribution in [3.8, 4) is 16.9 Å². The molecule has 0 saturated heterocycles. The highest BCUT2D eigenvalue weighted by molar-refractivity contribution is 7.17. The average molecular weight is 448 g/mol. The second-order valence-electron chi connectivity index (χ2n) is 7.93. The molecule has 1 N–H and O–H groups in total. The quantitative estimate of drug-likeness (QED) is 0.441. The van der Waals surface area contributed by atoms with E-state index in [9.17, 15) is 9.59 Å². The van der Waals surface area contributed by atoms with E-state index in [2.05, 4.69) is 24.1 Å². The zero-order valence-electron chi connectivity index (χ0n) is 18.5. The Morgan fingerprint density at radius 2 is 1.81 bits per heavy atom. The summed E-state index contributed by atoms with van der Waals surface area (Å²) >= 11 is 1.42. The number of amides is 1. The molecule has 0 atom stereocenters. The minimum absolute atomic E-state index is 0.0998. The minimum atomic E-state index is -0.269. The predicted molar refractivity (Wildman–Crippen MR) is 130 cm³/mol. The second kappa shape index (κ2) is 8.96. The number of nitrogens with zero attached hydrogens (tertiary/aromatic N) is 2. The molecule has 2 aromatic heterocycles. The van der Waals surface area contributed by atoms with E-state index in [1.165, 1.54) is 21.5 Å². The van der Waals surface area contributed by atoms with Crippen molar-refractivity contribution in [2.24, 2.45) is 0 Å². The molecule has 4 rings (SSSR count). The smallest absolute Gasteiger partial charge is 0.263 e. The van der Waals surface area contributed by atoms with Crippen molar-refractivity contribution in [3.05, 3.63) is 75.7 Å². The number of carbonyl (C=O) groups excluding carboxylic acids is 1. The second-order valence-corrected chi connectivity index (χ2v) is 8.79. The highest BCUT2D eigenvalue weighted by Crippen LogP contribution is 2.32. The van der Waals surface area contributed by atoms with Gasteiger partial charge in [0.25, 0.3) is 5.56 Å². The molecule has 0 aliphatic rings. The Bertz CT molecular complexity index is 1320. The van der Waals surface area contributed by atoms with Crippen molar-refractivity contribution in [1.82, 2.24) is 9.55 Å². The monoisotopic (exact) mass is 447 g/mol. The van der Waals surface area contributed by atoms with Gasteiger partial charge in [-0.3, -0.25) is 14.2 Å². The third-order valence-corrected chi connectivity index (χ3v) is 6.32. The Kier molecular flexibility index (Phi) is 6.10. The Balaban J connectivity index is 1.63. The highest BCUT2D eigenvalue weighted by atomic mass is 32.1. The first-order valence-electron chi connectivity index (χ1n) is 10.4. The summed E-state index contributed by atoms with van der Waals surface area (Å²) in [5.41, 5.74) is 3.40. The number of rotatable bonds is 6. The van der Waals surface area contributed by atoms with E-state index in [-0.39, 0.29) is 18.0 Å². The molecule has 2 heterocycles. The number of carbonyl (C=O) groups is 1. The number of nitrogens with one attached hydrogen (secondary N) is 1. The summed E-state index contributed by atoms with van der Waals surface area (Å²) in [6.45, 7) is 5.89. The van der Waals surface area contributed by atoms with Gasteiger partial charge >= 0.3 is 0 Å². The van der Waals surface area contributed by atoms with E-state index in [1.54, 1.807) is 14.0 Å². The van der Waals surface area contributed by atoms with Gasteiger partial charge in [0.2, 0.25) is 5.91 Å². The molecule has 0 bridgehead atoms. The zero-order chi connectivity index (χ0) is 22.8. The molecule has 2 aromatic carbocycles. The lowest BCUT2D eigenvalue weighted by atomic mass is 10.0. The van der Waals surface area contributed by atoms with E-state index in [4.69, 9.17) is 4.74 Å². The molecule has 6 nitrogen and oxygen atoms in total. The fraction of sp³-hybridized carbons (Fsp3) is 0.240. The number of aryl methyl sites for hydroxylation is 1. The maximum atomic E-state index is 13.4. The van der Waals surface area contributed by atoms with Crippen LogP contribution in [0.1, 0.15) is 31.2 Å². The van der Waals surface area contributed by atoms with E-state index in [1.807, 2.05) is 53.9 Å². The van der Waals surface area contributed by atoms with Gasteiger partial charge in [0, 0.05) is 16.6 Å². The van der Waals surface area contributed by atoms with Crippen LogP contribution in [0.4, 0.5) is 5.69 Å². The van der Waals surface area contributed by atoms with Crippen LogP contribution in [-0.4, -0.2) is 22.6 Å². The number of thiophene rings is 1. The molecule has 0 fully saturated rings. The third kappa shape index (κ3) is 4.29. The van der Waals surface area contributed by atoms with Crippen LogP contribution in [0.3, 0.4) is 0 Å². The molecular weight excluding hydrogens is 422 g/mol. The Morgan fingerprint density at radius 1 is 1.12 bits per heavy atom. The zero-order valence-corrected chi connectivity index (χ0v) is 19.3. The maximum Gasteiger partial charge on any atom is 0.263 e. The number of aromatic nitrogens is 2. The van der Waals surface area contributed by atoms with E-state index >= 15 is 0 Å². The first-order valence-corrected chi connectivity index (χ1v) is 11.3. The lowest BCUT2D eigenvalue weighted by Gasteiger charge is -2.12. The molecule has 0 unspecified atom stereocenters. The van der Waals surface area contributed by atoms with Crippen LogP contribution in [-0.2, 0) is 11.3 Å². The maximum absolute atomic E-state index is 13.4. The fourth-order valence-corrected chi connectivity index (χ4v) is 4.57. The van der Waals surface area contributed by atoms with Gasteiger partial charge < -0.3 is 10.1 Å². The average Bonchev–Trinajstić information content (AvgIpc) is 3.21. The van der Waals surface area contributed by atoms with E-state index in [0.29, 0.717) is 27.6 Å². The minimum Gasteiger partial charge on any atom is -0.497 e. The topological polar surface area (TPSA) is 73.2 Å². The lowest BCUT2D eigenvalue weighted by Crippen LogP contribution is -2.30. The molecule has 7 heteroatoms. The van der Waals surface area contributed by atoms with Gasteiger partial charge in [-0.1, -0.05) is 38.1 Å². The summed E-state index contributed by atoms with van der Waals surface area (Å²) in [7, 11) is 1.62. The largest absolute Gasteiger partial charge is 0.497 e. The number of hydrogen-bond acceptors (Lipinski definition) is 5. The van der Waals surface area contributed by atoms with Crippen LogP contribution in [0.2, 0.25) is 0 Å². The van der Waals surface area contributed by atoms with Crippen LogP contribution in [0.25, 0.3) is 21.3 Å². The number of ether oxygens (including phenoxy) is 1. The Labute approximate surface area is 190 Å². The summed E-state index contributed by atoms with van der Waals surface area (Å²) < 4.78 is 6.65. The van der Waals surface area contributed by atoms with Crippen LogP contribution in [0.15, 0.2) is 58.7 Å². The van der Waals surface area contributed by atoms with Crippen molar-refractivity contribution >= 4 is 33.1 Å². The first kappa shape index (κ1) is 21.8. The molecule has 4 aromatic rings. The standard InChI is InChI=1S/C25H25N3O3S/c1-15(2)17-5-9-19(10-6-17)27-22(29)13-28-16(3)26-24-23(25(28)30)21(14-32-24)18-7-11-20(31-4)12-8-18/h5-12,14-15H,13H2,1-4H3,(H,27,29). The number of anilines is 1. The SMILES string of the molecule is COc1ccc(-c2csc3nc(C)n(CC(=O)Nc4ccc(C(C)C)cc4)c(=O)c23)cc1. The summed E-state index contributed by atoms with van der Waals surface area (Å²) in [5, 5.41) is 5.33. The number of benzene rings is 2. The predicted octanol–water partition coefficient (Wildman–Crippen LogP) is 5.20. The number of methoxy groups -OCH3 is 1. The molecule has 0 saturated carbocycles. The van der Waals surface area contributed by atoms with Crippen LogP contribution >= 0.6 is 11.3 Å². The van der Waals surface area contributed by atoms with E-state index in [0.717, 1.165) is 16.9 Å². The molecule has 164 valence electrons. The molecule has 0 aliphatic heterocycles. The van der Waals surface area contributed by atoms with Crippen molar-refractivity contribution in [1.29, 1.82) is 0 Å². The van der Waals surface area contributed by atoms with E-state index < -0.39 is 0 Å². The van der Waals surface area contributed by atoms with Crippen molar-refractivity contribution < 1.29 is 9.53 Å². The van der Waals surface area contributed by atoms with Crippen molar-refractivity contribution in [3.63, 3.8) is 0 Å². The molecule has 0 radical (unpaired) electrons. The van der Waals surface area contributed by atoms with Gasteiger partial charge in [0.15, 0.2) is 0 Å². The normalized spacial score (nSPS) is 11.2. The Morgan fingerprint density at radius 3 is 2.44 bits per heavy atom. The van der Waals surface area contributed by atoms with Gasteiger partial charge in [0.05, 0.1) is 12.5 Å². The number of fused-ring (bicyclic) bond motifs is 1. The van der Waals surface area contributed by atoms with Crippen molar-refractivity contribution in [2.75, 3.05) is 12.4 Å². The van der Waals surface area contributed by atoms with Gasteiger partial charge in [-0.05, 0) is 48.2 Å². The number of hydrogen-bond donors (Lipinski definition) is 1. The third-order valence-electron chi connectivity index (χ3n) is 5.45. The van der Waals surface area contributed by atoms with Gasteiger partial charge in [-0.2, -0.15) is 0 Å². The fourth-order valence-electron chi connectivity index (χ4n) is 3.59. The summed E-state index contributed by atoms with van der Waals surface area (Å²) in [6.07, 6.45) is 0. The molecule has 0 spiro atoms. The van der Waals surface area contributed by atoms with Crippen LogP contribution < -0.4 is 15.6 Å². The molecule has 32 heavy (non-hydrogen) atoms. The first-order chi connectivity index (χ1) is 15.4. The van der Waals surface area contributed by atoms with Crippen LogP contribution in [0, 0.1) is 6.92 Å². The summed E-state index contributed by atoms with van der Waals surface area (Å²) in [5.74, 6) is 1.41. The molecular formula is C25H25N3O3S. The Hall–Kier alpha value is -3.45. The van der Waals surface area contributed by atoms with Crippen molar-refractivity contribution in [2.45, 2.75) is 33.2 Å². The van der Waals surface area contributed by atoms with Crippen LogP contribution in [0.5, 0.6) is 5.75 Å². The molecule has 0 aliphatic carbocycles. The summed E-state index contributed by atoms with van der Waals surface area (Å²) in [6, 6.07) is 15.3.